The first-order valence-corrected chi connectivity index (χ1v) is 8.36. The Morgan fingerprint density at radius 1 is 1.11 bits per heavy atom. The summed E-state index contributed by atoms with van der Waals surface area (Å²) >= 11 is 0. The van der Waals surface area contributed by atoms with Crippen LogP contribution in [0.2, 0.25) is 0 Å². The first-order chi connectivity index (χ1) is 12.9. The second kappa shape index (κ2) is 8.03. The third-order valence-corrected chi connectivity index (χ3v) is 4.09. The van der Waals surface area contributed by atoms with Crippen molar-refractivity contribution in [3.05, 3.63) is 59.2 Å². The quantitative estimate of drug-likeness (QED) is 0.813. The van der Waals surface area contributed by atoms with Crippen molar-refractivity contribution in [2.75, 3.05) is 13.3 Å². The molecular formula is C19H18F2N2O4. The largest absolute Gasteiger partial charge is 0.454 e. The van der Waals surface area contributed by atoms with E-state index in [-0.39, 0.29) is 37.3 Å². The molecule has 1 aliphatic rings. The number of rotatable bonds is 6. The Morgan fingerprint density at radius 2 is 1.89 bits per heavy atom. The molecule has 0 bridgehead atoms. The first kappa shape index (κ1) is 18.6. The number of halogens is 2. The smallest absolute Gasteiger partial charge is 0.254 e. The maximum atomic E-state index is 13.5. The van der Waals surface area contributed by atoms with Gasteiger partial charge in [0.2, 0.25) is 12.7 Å². The predicted octanol–water partition coefficient (Wildman–Crippen LogP) is 2.69. The molecule has 2 N–H and O–H groups in total. The van der Waals surface area contributed by atoms with Crippen LogP contribution in [0.3, 0.4) is 0 Å². The molecule has 6 nitrogen and oxygen atoms in total. The summed E-state index contributed by atoms with van der Waals surface area (Å²) in [5.41, 5.74) is 0.579. The minimum absolute atomic E-state index is 0.0173. The maximum Gasteiger partial charge on any atom is 0.254 e. The van der Waals surface area contributed by atoms with Gasteiger partial charge in [0.1, 0.15) is 11.6 Å². The van der Waals surface area contributed by atoms with E-state index in [0.717, 1.165) is 17.7 Å². The lowest BCUT2D eigenvalue weighted by Gasteiger charge is -2.15. The molecule has 142 valence electrons. The molecule has 0 aromatic heterocycles. The fourth-order valence-corrected chi connectivity index (χ4v) is 2.64. The van der Waals surface area contributed by atoms with E-state index in [1.165, 1.54) is 0 Å². The Kier molecular flexibility index (Phi) is 5.54. The van der Waals surface area contributed by atoms with Crippen LogP contribution in [0.5, 0.6) is 11.5 Å². The average Bonchev–Trinajstić information content (AvgIpc) is 3.09. The van der Waals surface area contributed by atoms with Crippen LogP contribution in [0.4, 0.5) is 8.78 Å². The van der Waals surface area contributed by atoms with Gasteiger partial charge in [-0.15, -0.1) is 0 Å². The first-order valence-electron chi connectivity index (χ1n) is 8.36. The third kappa shape index (κ3) is 4.52. The molecule has 0 fully saturated rings. The van der Waals surface area contributed by atoms with Gasteiger partial charge in [-0.3, -0.25) is 9.59 Å². The number of ether oxygens (including phenoxy) is 2. The lowest BCUT2D eigenvalue weighted by molar-refractivity contribution is -0.121. The van der Waals surface area contributed by atoms with Crippen molar-refractivity contribution in [2.24, 2.45) is 0 Å². The summed E-state index contributed by atoms with van der Waals surface area (Å²) in [6.45, 7) is 2.02. The number of hydrogen-bond acceptors (Lipinski definition) is 4. The van der Waals surface area contributed by atoms with Gasteiger partial charge in [0, 0.05) is 19.0 Å². The van der Waals surface area contributed by atoms with Crippen LogP contribution in [0.1, 0.15) is 35.3 Å². The average molecular weight is 376 g/mol. The molecule has 2 aromatic rings. The van der Waals surface area contributed by atoms with Crippen LogP contribution in [0.15, 0.2) is 36.4 Å². The maximum absolute atomic E-state index is 13.5. The highest BCUT2D eigenvalue weighted by molar-refractivity contribution is 5.94. The highest BCUT2D eigenvalue weighted by atomic mass is 19.1. The summed E-state index contributed by atoms with van der Waals surface area (Å²) in [6.07, 6.45) is 0.0173. The monoisotopic (exact) mass is 376 g/mol. The molecular weight excluding hydrogens is 358 g/mol. The molecule has 8 heteroatoms. The Labute approximate surface area is 154 Å². The number of carbonyl (C=O) groups is 2. The Balaban J connectivity index is 1.47. The Morgan fingerprint density at radius 3 is 2.67 bits per heavy atom. The minimum atomic E-state index is -0.951. The van der Waals surface area contributed by atoms with Crippen molar-refractivity contribution >= 4 is 11.8 Å². The molecule has 1 heterocycles. The summed E-state index contributed by atoms with van der Waals surface area (Å²) in [6, 6.07) is 7.83. The summed E-state index contributed by atoms with van der Waals surface area (Å²) in [4.78, 5) is 23.9. The lowest BCUT2D eigenvalue weighted by atomic mass is 10.1. The fourth-order valence-electron chi connectivity index (χ4n) is 2.64. The van der Waals surface area contributed by atoms with Gasteiger partial charge in [0.25, 0.3) is 5.91 Å². The highest BCUT2D eigenvalue weighted by Gasteiger charge is 2.17. The number of benzene rings is 2. The normalized spacial score (nSPS) is 13.1. The molecule has 0 unspecified atom stereocenters. The van der Waals surface area contributed by atoms with Crippen molar-refractivity contribution in [2.45, 2.75) is 19.4 Å². The SMILES string of the molecule is C[C@H](NC(=O)CCNC(=O)c1ccc(F)cc1F)c1ccc2c(c1)OCO2. The van der Waals surface area contributed by atoms with Crippen LogP contribution in [-0.2, 0) is 4.79 Å². The van der Waals surface area contributed by atoms with E-state index in [9.17, 15) is 18.4 Å². The Bertz CT molecular complexity index is 873. The molecule has 0 radical (unpaired) electrons. The summed E-state index contributed by atoms with van der Waals surface area (Å²) in [5.74, 6) is -1.41. The summed E-state index contributed by atoms with van der Waals surface area (Å²) in [7, 11) is 0. The van der Waals surface area contributed by atoms with E-state index in [2.05, 4.69) is 10.6 Å². The zero-order valence-corrected chi connectivity index (χ0v) is 14.6. The number of hydrogen-bond donors (Lipinski definition) is 2. The second-order valence-electron chi connectivity index (χ2n) is 6.03. The van der Waals surface area contributed by atoms with Crippen molar-refractivity contribution in [1.82, 2.24) is 10.6 Å². The van der Waals surface area contributed by atoms with Gasteiger partial charge in [0.15, 0.2) is 11.5 Å². The van der Waals surface area contributed by atoms with Crippen molar-refractivity contribution in [1.29, 1.82) is 0 Å². The van der Waals surface area contributed by atoms with Gasteiger partial charge in [-0.05, 0) is 36.8 Å². The number of carbonyl (C=O) groups excluding carboxylic acids is 2. The molecule has 0 aliphatic carbocycles. The molecule has 2 amide bonds. The van der Waals surface area contributed by atoms with E-state index in [1.54, 1.807) is 12.1 Å². The molecule has 27 heavy (non-hydrogen) atoms. The van der Waals surface area contributed by atoms with Gasteiger partial charge in [-0.2, -0.15) is 0 Å². The minimum Gasteiger partial charge on any atom is -0.454 e. The van der Waals surface area contributed by atoms with E-state index in [0.29, 0.717) is 17.6 Å². The number of fused-ring (bicyclic) bond motifs is 1. The van der Waals surface area contributed by atoms with E-state index in [1.807, 2.05) is 13.0 Å². The molecule has 1 aliphatic heterocycles. The van der Waals surface area contributed by atoms with Gasteiger partial charge in [-0.1, -0.05) is 6.07 Å². The molecule has 2 aromatic carbocycles. The molecule has 0 saturated heterocycles. The fraction of sp³-hybridized carbons (Fsp3) is 0.263. The third-order valence-electron chi connectivity index (χ3n) is 4.09. The van der Waals surface area contributed by atoms with Crippen LogP contribution in [0.25, 0.3) is 0 Å². The standard InChI is InChI=1S/C19H18F2N2O4/c1-11(12-2-5-16-17(8-12)27-10-26-16)23-18(24)6-7-22-19(25)14-4-3-13(20)9-15(14)21/h2-5,8-9,11H,6-7,10H2,1H3,(H,22,25)(H,23,24)/t11-/m0/s1. The highest BCUT2D eigenvalue weighted by Crippen LogP contribution is 2.34. The van der Waals surface area contributed by atoms with Crippen LogP contribution in [-0.4, -0.2) is 25.2 Å². The van der Waals surface area contributed by atoms with Gasteiger partial charge in [0.05, 0.1) is 11.6 Å². The van der Waals surface area contributed by atoms with E-state index >= 15 is 0 Å². The summed E-state index contributed by atoms with van der Waals surface area (Å²) < 4.78 is 37.0. The van der Waals surface area contributed by atoms with Crippen molar-refractivity contribution in [3.63, 3.8) is 0 Å². The second-order valence-corrected chi connectivity index (χ2v) is 6.03. The number of amides is 2. The van der Waals surface area contributed by atoms with Gasteiger partial charge < -0.3 is 20.1 Å². The van der Waals surface area contributed by atoms with Crippen LogP contribution >= 0.6 is 0 Å². The van der Waals surface area contributed by atoms with Gasteiger partial charge >= 0.3 is 0 Å². The zero-order chi connectivity index (χ0) is 19.4. The van der Waals surface area contributed by atoms with Crippen molar-refractivity contribution in [3.8, 4) is 11.5 Å². The van der Waals surface area contributed by atoms with Gasteiger partial charge in [-0.25, -0.2) is 8.78 Å². The molecule has 0 saturated carbocycles. The molecule has 1 atom stereocenters. The zero-order valence-electron chi connectivity index (χ0n) is 14.6. The van der Waals surface area contributed by atoms with E-state index in [4.69, 9.17) is 9.47 Å². The summed E-state index contributed by atoms with van der Waals surface area (Å²) in [5, 5.41) is 5.25. The molecule has 3 rings (SSSR count). The van der Waals surface area contributed by atoms with Crippen LogP contribution in [0, 0.1) is 11.6 Å². The molecule has 0 spiro atoms. The predicted molar refractivity (Wildman–Crippen MR) is 92.4 cm³/mol. The van der Waals surface area contributed by atoms with Crippen molar-refractivity contribution < 1.29 is 27.8 Å². The van der Waals surface area contributed by atoms with E-state index < -0.39 is 17.5 Å². The van der Waals surface area contributed by atoms with Crippen LogP contribution < -0.4 is 20.1 Å². The Hall–Kier alpha value is -3.16. The lowest BCUT2D eigenvalue weighted by Crippen LogP contribution is -2.32. The topological polar surface area (TPSA) is 76.7 Å². The number of nitrogens with one attached hydrogen (secondary N) is 2.